The molecule has 3 heterocycles. The van der Waals surface area contributed by atoms with Crippen LogP contribution in [0.4, 0.5) is 0 Å². The number of thioether (sulfide) groups is 6. The summed E-state index contributed by atoms with van der Waals surface area (Å²) in [5.41, 5.74) is 0. The van der Waals surface area contributed by atoms with Crippen molar-refractivity contribution in [1.29, 1.82) is 0 Å². The maximum atomic E-state index is 11.8. The molecule has 122 valence electrons. The Morgan fingerprint density at radius 3 is 1.70 bits per heavy atom. The number of hydrogen-bond donors (Lipinski definition) is 0. The molecule has 0 aliphatic carbocycles. The van der Waals surface area contributed by atoms with Gasteiger partial charge in [0, 0.05) is 5.08 Å². The molecular weight excluding hydrogens is 413 g/mol. The first-order valence-electron chi connectivity index (χ1n) is 6.16. The van der Waals surface area contributed by atoms with Crippen LogP contribution in [-0.2, 0) is 19.1 Å². The molecule has 0 N–H and O–H groups in total. The molecule has 0 saturated carbocycles. The fraction of sp³-hybridized carbons (Fsp3) is 0.231. The minimum absolute atomic E-state index is 0.285. The van der Waals surface area contributed by atoms with E-state index in [-0.39, 0.29) is 9.81 Å². The predicted molar refractivity (Wildman–Crippen MR) is 105 cm³/mol. The third-order valence-electron chi connectivity index (χ3n) is 2.64. The van der Waals surface area contributed by atoms with Crippen molar-refractivity contribution < 1.29 is 19.1 Å². The molecule has 3 aliphatic heterocycles. The third-order valence-corrected chi connectivity index (χ3v) is 10.6. The monoisotopic (exact) mass is 422 g/mol. The number of rotatable bonds is 3. The van der Waals surface area contributed by atoms with Crippen molar-refractivity contribution in [2.45, 2.75) is 0 Å². The molecule has 0 saturated heterocycles. The van der Waals surface area contributed by atoms with Crippen molar-refractivity contribution in [2.75, 3.05) is 19.3 Å². The molecule has 3 rings (SSSR count). The van der Waals surface area contributed by atoms with Gasteiger partial charge in [-0.2, -0.15) is 0 Å². The zero-order valence-corrected chi connectivity index (χ0v) is 16.8. The number of hydrogen-bond acceptors (Lipinski definition) is 10. The SMILES string of the molecule is COC(=O)C1=C(C(=O)OC)SC(=CC=C2SC3=C(SCS3)S2)S1. The minimum Gasteiger partial charge on any atom is -0.465 e. The highest BCUT2D eigenvalue weighted by Gasteiger charge is 2.32. The van der Waals surface area contributed by atoms with Gasteiger partial charge in [0.25, 0.3) is 0 Å². The summed E-state index contributed by atoms with van der Waals surface area (Å²) < 4.78 is 14.3. The second-order valence-electron chi connectivity index (χ2n) is 4.00. The van der Waals surface area contributed by atoms with Gasteiger partial charge in [0.1, 0.15) is 9.81 Å². The van der Waals surface area contributed by atoms with Gasteiger partial charge in [0.2, 0.25) is 0 Å². The molecular formula is C13H10O4S6. The van der Waals surface area contributed by atoms with Gasteiger partial charge in [0.15, 0.2) is 0 Å². The van der Waals surface area contributed by atoms with Crippen LogP contribution in [0.25, 0.3) is 0 Å². The standard InChI is InChI=1S/C13H10O4S6/c1-16-10(14)8-9(11(15)17-2)21-6(20-8)3-4-7-22-12-13(23-7)19-5-18-12/h3-4H,5H2,1-2H3. The van der Waals surface area contributed by atoms with Gasteiger partial charge in [0.05, 0.1) is 31.2 Å². The van der Waals surface area contributed by atoms with E-state index in [0.717, 1.165) is 9.32 Å². The fourth-order valence-corrected chi connectivity index (χ4v) is 10.1. The van der Waals surface area contributed by atoms with Crippen LogP contribution in [0, 0.1) is 0 Å². The summed E-state index contributed by atoms with van der Waals surface area (Å²) in [6.45, 7) is 0. The maximum absolute atomic E-state index is 11.8. The van der Waals surface area contributed by atoms with Crippen molar-refractivity contribution >= 4 is 82.5 Å². The summed E-state index contributed by atoms with van der Waals surface area (Å²) in [4.78, 5) is 24.2. The summed E-state index contributed by atoms with van der Waals surface area (Å²) in [7, 11) is 2.60. The highest BCUT2D eigenvalue weighted by molar-refractivity contribution is 8.45. The van der Waals surface area contributed by atoms with E-state index in [2.05, 4.69) is 0 Å². The summed E-state index contributed by atoms with van der Waals surface area (Å²) in [6.07, 6.45) is 3.96. The molecule has 10 heteroatoms. The smallest absolute Gasteiger partial charge is 0.346 e. The first kappa shape index (κ1) is 17.8. The van der Waals surface area contributed by atoms with Crippen LogP contribution in [0.3, 0.4) is 0 Å². The Balaban J connectivity index is 1.71. The molecule has 3 aliphatic rings. The highest BCUT2D eigenvalue weighted by Crippen LogP contribution is 2.62. The molecule has 0 radical (unpaired) electrons. The van der Waals surface area contributed by atoms with Crippen LogP contribution in [0.15, 0.2) is 38.9 Å². The van der Waals surface area contributed by atoms with E-state index in [0.29, 0.717) is 0 Å². The Kier molecular flexibility index (Phi) is 6.13. The summed E-state index contributed by atoms with van der Waals surface area (Å²) in [6, 6.07) is 0. The molecule has 4 nitrogen and oxygen atoms in total. The van der Waals surface area contributed by atoms with Crippen LogP contribution in [0.5, 0.6) is 0 Å². The molecule has 0 unspecified atom stereocenters. The largest absolute Gasteiger partial charge is 0.465 e. The molecule has 0 bridgehead atoms. The Hall–Kier alpha value is 0.000000000000000555. The van der Waals surface area contributed by atoms with Crippen molar-refractivity contribution in [3.8, 4) is 0 Å². The van der Waals surface area contributed by atoms with E-state index in [1.165, 1.54) is 50.5 Å². The zero-order valence-electron chi connectivity index (χ0n) is 11.9. The lowest BCUT2D eigenvalue weighted by atomic mass is 10.5. The van der Waals surface area contributed by atoms with E-state index in [1.807, 2.05) is 35.7 Å². The second kappa shape index (κ2) is 7.92. The normalized spacial score (nSPS) is 20.1. The summed E-state index contributed by atoms with van der Waals surface area (Å²) in [5.74, 6) is -1.03. The van der Waals surface area contributed by atoms with Gasteiger partial charge in [-0.1, -0.05) is 47.0 Å². The fourth-order valence-electron chi connectivity index (χ4n) is 1.64. The molecule has 0 spiro atoms. The lowest BCUT2D eigenvalue weighted by Gasteiger charge is -2.00. The van der Waals surface area contributed by atoms with Crippen LogP contribution in [0.2, 0.25) is 0 Å². The quantitative estimate of drug-likeness (QED) is 0.595. The number of carbonyl (C=O) groups is 2. The second-order valence-corrected chi connectivity index (χ2v) is 11.6. The lowest BCUT2D eigenvalue weighted by Crippen LogP contribution is -2.08. The number of ether oxygens (including phenoxy) is 2. The molecule has 0 atom stereocenters. The lowest BCUT2D eigenvalue weighted by molar-refractivity contribution is -0.138. The molecule has 0 aromatic rings. The predicted octanol–water partition coefficient (Wildman–Crippen LogP) is 4.75. The first-order valence-corrected chi connectivity index (χ1v) is 11.4. The van der Waals surface area contributed by atoms with Crippen molar-refractivity contribution in [2.24, 2.45) is 0 Å². The van der Waals surface area contributed by atoms with Crippen LogP contribution < -0.4 is 0 Å². The van der Waals surface area contributed by atoms with Crippen LogP contribution in [0.1, 0.15) is 0 Å². The van der Waals surface area contributed by atoms with Gasteiger partial charge in [-0.3, -0.25) is 0 Å². The van der Waals surface area contributed by atoms with Crippen LogP contribution in [-0.4, -0.2) is 31.2 Å². The van der Waals surface area contributed by atoms with E-state index in [9.17, 15) is 9.59 Å². The first-order chi connectivity index (χ1) is 11.1. The Morgan fingerprint density at radius 1 is 0.826 bits per heavy atom. The van der Waals surface area contributed by atoms with Crippen molar-refractivity contribution in [1.82, 2.24) is 0 Å². The van der Waals surface area contributed by atoms with E-state index >= 15 is 0 Å². The third kappa shape index (κ3) is 3.98. The average molecular weight is 423 g/mol. The molecule has 23 heavy (non-hydrogen) atoms. The molecule has 0 aromatic heterocycles. The summed E-state index contributed by atoms with van der Waals surface area (Å²) in [5, 5.41) is 1.10. The van der Waals surface area contributed by atoms with E-state index in [4.69, 9.17) is 9.47 Å². The molecule has 0 amide bonds. The van der Waals surface area contributed by atoms with E-state index in [1.54, 1.807) is 23.5 Å². The molecule has 0 fully saturated rings. The van der Waals surface area contributed by atoms with Crippen molar-refractivity contribution in [3.63, 3.8) is 0 Å². The number of methoxy groups -OCH3 is 2. The van der Waals surface area contributed by atoms with Gasteiger partial charge < -0.3 is 9.47 Å². The number of carbonyl (C=O) groups excluding carboxylic acids is 2. The van der Waals surface area contributed by atoms with Crippen molar-refractivity contribution in [3.05, 3.63) is 38.9 Å². The zero-order chi connectivity index (χ0) is 16.4. The number of esters is 2. The average Bonchev–Trinajstić information content (AvgIpc) is 3.25. The van der Waals surface area contributed by atoms with Gasteiger partial charge in [-0.05, 0) is 12.2 Å². The topological polar surface area (TPSA) is 52.6 Å². The van der Waals surface area contributed by atoms with Gasteiger partial charge in [-0.25, -0.2) is 9.59 Å². The summed E-state index contributed by atoms with van der Waals surface area (Å²) >= 11 is 9.77. The van der Waals surface area contributed by atoms with Crippen LogP contribution >= 0.6 is 70.6 Å². The van der Waals surface area contributed by atoms with E-state index < -0.39 is 11.9 Å². The minimum atomic E-state index is -0.517. The maximum Gasteiger partial charge on any atom is 0.346 e. The van der Waals surface area contributed by atoms with Gasteiger partial charge >= 0.3 is 11.9 Å². The Labute approximate surface area is 159 Å². The Morgan fingerprint density at radius 2 is 1.26 bits per heavy atom. The highest BCUT2D eigenvalue weighted by atomic mass is 32.3. The number of allylic oxidation sites excluding steroid dienone is 2. The Bertz CT molecular complexity index is 643. The van der Waals surface area contributed by atoms with Gasteiger partial charge in [-0.15, -0.1) is 23.5 Å². The molecule has 0 aromatic carbocycles.